The van der Waals surface area contributed by atoms with Crippen molar-refractivity contribution < 1.29 is 14.6 Å². The molecule has 1 aromatic carbocycles. The van der Waals surface area contributed by atoms with Gasteiger partial charge in [0, 0.05) is 12.0 Å². The summed E-state index contributed by atoms with van der Waals surface area (Å²) in [6.45, 7) is 0.428. The highest BCUT2D eigenvalue weighted by Crippen LogP contribution is 2.77. The Kier molecular flexibility index (Phi) is 1.94. The number of aliphatic hydroxyl groups excluding tert-OH is 1. The van der Waals surface area contributed by atoms with Gasteiger partial charge in [0.05, 0.1) is 12.7 Å². The van der Waals surface area contributed by atoms with Crippen LogP contribution in [0.1, 0.15) is 12.0 Å². The Balaban J connectivity index is 1.23. The molecule has 1 heterocycles. The molecule has 1 aliphatic heterocycles. The van der Waals surface area contributed by atoms with Gasteiger partial charge >= 0.3 is 0 Å². The molecular formula is C13H15NO3. The normalized spacial score (nSPS) is 42.1. The van der Waals surface area contributed by atoms with E-state index in [0.717, 1.165) is 12.0 Å². The van der Waals surface area contributed by atoms with E-state index in [4.69, 9.17) is 9.47 Å². The van der Waals surface area contributed by atoms with Crippen LogP contribution in [0.15, 0.2) is 30.3 Å². The quantitative estimate of drug-likeness (QED) is 0.578. The number of benzene rings is 1. The molecule has 4 heteroatoms. The van der Waals surface area contributed by atoms with Crippen LogP contribution in [-0.4, -0.2) is 29.3 Å². The Hall–Kier alpha value is -0.940. The number of nitrogens with one attached hydrogen (secondary N) is 1. The fraction of sp³-hybridized carbons (Fsp3) is 0.538. The third-order valence-corrected chi connectivity index (χ3v) is 4.13. The molecule has 0 bridgehead atoms. The molecule has 0 amide bonds. The summed E-state index contributed by atoms with van der Waals surface area (Å²) in [5.74, 6) is 0.637. The minimum atomic E-state index is -0.877. The Bertz CT molecular complexity index is 438. The molecule has 0 radical (unpaired) electrons. The average molecular weight is 233 g/mol. The first-order valence-electron chi connectivity index (χ1n) is 6.07. The smallest absolute Gasteiger partial charge is 0.214 e. The number of epoxide rings is 1. The van der Waals surface area contributed by atoms with E-state index in [1.807, 2.05) is 30.3 Å². The molecule has 90 valence electrons. The lowest BCUT2D eigenvalue weighted by Gasteiger charge is -2.34. The number of fused-ring (bicyclic) bond motifs is 1. The summed E-state index contributed by atoms with van der Waals surface area (Å²) in [5.41, 5.74) is 1.31. The first kappa shape index (κ1) is 10.0. The summed E-state index contributed by atoms with van der Waals surface area (Å²) in [6.07, 6.45) is 0.632. The first-order chi connectivity index (χ1) is 8.29. The van der Waals surface area contributed by atoms with Crippen molar-refractivity contribution in [1.82, 2.24) is 5.32 Å². The number of hydrogen-bond donors (Lipinski definition) is 2. The van der Waals surface area contributed by atoms with Crippen LogP contribution in [0, 0.1) is 5.92 Å². The van der Waals surface area contributed by atoms with Crippen LogP contribution >= 0.6 is 0 Å². The van der Waals surface area contributed by atoms with E-state index >= 15 is 0 Å². The van der Waals surface area contributed by atoms with Crippen LogP contribution < -0.4 is 5.32 Å². The molecule has 4 rings (SSSR count). The van der Waals surface area contributed by atoms with E-state index < -0.39 is 6.41 Å². The fourth-order valence-corrected chi connectivity index (χ4v) is 3.00. The van der Waals surface area contributed by atoms with Gasteiger partial charge < -0.3 is 14.6 Å². The van der Waals surface area contributed by atoms with E-state index in [2.05, 4.69) is 5.32 Å². The standard InChI is InChI=1S/C13H15NO3/c15-12(16-7-8-4-2-1-3-5-8)14-9-6-13-10(9)11(13)17-13/h1-5,9-12,14-15H,6-7H2/t9-,10?,11?,12?,13-/m1/s1. The van der Waals surface area contributed by atoms with Crippen molar-refractivity contribution in [1.29, 1.82) is 0 Å². The zero-order valence-electron chi connectivity index (χ0n) is 9.37. The van der Waals surface area contributed by atoms with Crippen molar-refractivity contribution in [2.75, 3.05) is 0 Å². The summed E-state index contributed by atoms with van der Waals surface area (Å²) in [5, 5.41) is 12.8. The van der Waals surface area contributed by atoms with Crippen molar-refractivity contribution in [3.8, 4) is 0 Å². The topological polar surface area (TPSA) is 54.0 Å². The summed E-state index contributed by atoms with van der Waals surface area (Å²) < 4.78 is 10.7. The average Bonchev–Trinajstić information content (AvgIpc) is 3.15. The molecular weight excluding hydrogens is 218 g/mol. The molecule has 4 nitrogen and oxygen atoms in total. The molecule has 3 unspecified atom stereocenters. The molecule has 1 spiro atoms. The van der Waals surface area contributed by atoms with Crippen molar-refractivity contribution in [3.05, 3.63) is 35.9 Å². The number of rotatable bonds is 5. The van der Waals surface area contributed by atoms with Gasteiger partial charge in [-0.15, -0.1) is 0 Å². The second-order valence-corrected chi connectivity index (χ2v) is 5.15. The summed E-state index contributed by atoms with van der Waals surface area (Å²) in [6, 6.07) is 10.2. The Morgan fingerprint density at radius 2 is 2.29 bits per heavy atom. The molecule has 2 aliphatic carbocycles. The predicted molar refractivity (Wildman–Crippen MR) is 59.9 cm³/mol. The van der Waals surface area contributed by atoms with Gasteiger partial charge in [0.25, 0.3) is 0 Å². The maximum Gasteiger partial charge on any atom is 0.214 e. The van der Waals surface area contributed by atoms with Gasteiger partial charge in [0.2, 0.25) is 6.41 Å². The summed E-state index contributed by atoms with van der Waals surface area (Å²) >= 11 is 0. The molecule has 2 saturated carbocycles. The van der Waals surface area contributed by atoms with Gasteiger partial charge in [-0.05, 0) is 12.0 Å². The summed E-state index contributed by atoms with van der Waals surface area (Å²) in [7, 11) is 0. The first-order valence-corrected chi connectivity index (χ1v) is 6.07. The molecule has 3 fully saturated rings. The molecule has 2 N–H and O–H groups in total. The third-order valence-electron chi connectivity index (χ3n) is 4.13. The predicted octanol–water partition coefficient (Wildman–Crippen LogP) is 0.608. The van der Waals surface area contributed by atoms with Gasteiger partial charge in [-0.1, -0.05) is 30.3 Å². The maximum atomic E-state index is 9.71. The number of hydrogen-bond acceptors (Lipinski definition) is 4. The van der Waals surface area contributed by atoms with E-state index in [1.165, 1.54) is 0 Å². The van der Waals surface area contributed by atoms with Crippen LogP contribution in [-0.2, 0) is 16.1 Å². The number of ether oxygens (including phenoxy) is 2. The van der Waals surface area contributed by atoms with Crippen LogP contribution in [0.5, 0.6) is 0 Å². The minimum absolute atomic E-state index is 0.247. The second-order valence-electron chi connectivity index (χ2n) is 5.15. The Labute approximate surface area is 99.5 Å². The molecule has 1 saturated heterocycles. The van der Waals surface area contributed by atoms with Crippen molar-refractivity contribution in [3.63, 3.8) is 0 Å². The maximum absolute atomic E-state index is 9.71. The second kappa shape index (κ2) is 3.29. The van der Waals surface area contributed by atoms with Crippen LogP contribution in [0.4, 0.5) is 0 Å². The van der Waals surface area contributed by atoms with Crippen LogP contribution in [0.3, 0.4) is 0 Å². The largest absolute Gasteiger partial charge is 0.365 e. The highest BCUT2D eigenvalue weighted by molar-refractivity contribution is 5.39. The zero-order valence-corrected chi connectivity index (χ0v) is 9.37. The highest BCUT2D eigenvalue weighted by Gasteiger charge is 2.90. The Morgan fingerprint density at radius 1 is 1.47 bits per heavy atom. The van der Waals surface area contributed by atoms with E-state index in [-0.39, 0.29) is 5.60 Å². The van der Waals surface area contributed by atoms with Gasteiger partial charge in [0.15, 0.2) is 0 Å². The lowest BCUT2D eigenvalue weighted by molar-refractivity contribution is -0.146. The highest BCUT2D eigenvalue weighted by atomic mass is 16.7. The SMILES string of the molecule is OC(N[C@@H]1C[C@]23OC2C13)OCc1ccccc1. The lowest BCUT2D eigenvalue weighted by atomic mass is 9.89. The van der Waals surface area contributed by atoms with Crippen LogP contribution in [0.2, 0.25) is 0 Å². The minimum Gasteiger partial charge on any atom is -0.365 e. The molecule has 1 aromatic rings. The van der Waals surface area contributed by atoms with Gasteiger partial charge in [0.1, 0.15) is 5.60 Å². The van der Waals surface area contributed by atoms with Gasteiger partial charge in [-0.25, -0.2) is 0 Å². The van der Waals surface area contributed by atoms with E-state index in [1.54, 1.807) is 0 Å². The Morgan fingerprint density at radius 3 is 2.88 bits per heavy atom. The fourth-order valence-electron chi connectivity index (χ4n) is 3.00. The van der Waals surface area contributed by atoms with E-state index in [0.29, 0.717) is 24.7 Å². The van der Waals surface area contributed by atoms with Gasteiger partial charge in [-0.3, -0.25) is 5.32 Å². The molecule has 3 aliphatic rings. The van der Waals surface area contributed by atoms with Gasteiger partial charge in [-0.2, -0.15) is 0 Å². The lowest BCUT2D eigenvalue weighted by Crippen LogP contribution is -2.51. The third kappa shape index (κ3) is 1.45. The van der Waals surface area contributed by atoms with Crippen LogP contribution in [0.25, 0.3) is 0 Å². The van der Waals surface area contributed by atoms with Crippen molar-refractivity contribution >= 4 is 0 Å². The van der Waals surface area contributed by atoms with Crippen molar-refractivity contribution in [2.24, 2.45) is 5.92 Å². The molecule has 17 heavy (non-hydrogen) atoms. The summed E-state index contributed by atoms with van der Waals surface area (Å²) in [4.78, 5) is 0. The zero-order chi connectivity index (χ0) is 11.5. The monoisotopic (exact) mass is 233 g/mol. The van der Waals surface area contributed by atoms with Crippen molar-refractivity contribution in [2.45, 2.75) is 37.2 Å². The number of aliphatic hydroxyl groups is 1. The van der Waals surface area contributed by atoms with E-state index in [9.17, 15) is 5.11 Å². The molecule has 5 atom stereocenters. The molecule has 0 aromatic heterocycles.